The number of oxazole rings is 1. The predicted octanol–water partition coefficient (Wildman–Crippen LogP) is 2.16. The first kappa shape index (κ1) is 18.6. The third-order valence-corrected chi connectivity index (χ3v) is 6.86. The fraction of sp³-hybridized carbons (Fsp3) is 0.300. The molecule has 28 heavy (non-hydrogen) atoms. The fourth-order valence-electron chi connectivity index (χ4n) is 3.36. The van der Waals surface area contributed by atoms with Gasteiger partial charge in [-0.1, -0.05) is 30.3 Å². The highest BCUT2D eigenvalue weighted by atomic mass is 32.2. The van der Waals surface area contributed by atoms with Crippen molar-refractivity contribution in [3.8, 4) is 0 Å². The van der Waals surface area contributed by atoms with Gasteiger partial charge in [0.2, 0.25) is 10.0 Å². The quantitative estimate of drug-likeness (QED) is 0.656. The summed E-state index contributed by atoms with van der Waals surface area (Å²) in [5, 5.41) is 0. The highest BCUT2D eigenvalue weighted by Crippen LogP contribution is 2.17. The van der Waals surface area contributed by atoms with Crippen molar-refractivity contribution < 1.29 is 17.6 Å². The first-order valence-electron chi connectivity index (χ1n) is 9.17. The van der Waals surface area contributed by atoms with Crippen molar-refractivity contribution in [1.82, 2.24) is 14.2 Å². The third-order valence-electron chi connectivity index (χ3n) is 4.99. The number of aromatic nitrogens is 1. The Bertz CT molecular complexity index is 1070. The smallest absolute Gasteiger partial charge is 0.254 e. The van der Waals surface area contributed by atoms with E-state index in [0.717, 1.165) is 5.56 Å². The summed E-state index contributed by atoms with van der Waals surface area (Å²) in [4.78, 5) is 18.5. The van der Waals surface area contributed by atoms with Gasteiger partial charge in [-0.25, -0.2) is 13.4 Å². The van der Waals surface area contributed by atoms with E-state index in [9.17, 15) is 13.2 Å². The molecule has 0 spiro atoms. The molecule has 0 unspecified atom stereocenters. The van der Waals surface area contributed by atoms with Gasteiger partial charge in [0.25, 0.3) is 5.91 Å². The molecule has 0 N–H and O–H groups in total. The van der Waals surface area contributed by atoms with Crippen molar-refractivity contribution >= 4 is 27.0 Å². The topological polar surface area (TPSA) is 83.7 Å². The average Bonchev–Trinajstić information content (AvgIpc) is 3.20. The molecule has 0 saturated carbocycles. The average molecular weight is 399 g/mol. The molecule has 0 radical (unpaired) electrons. The standard InChI is InChI=1S/C20H21N3O4S/c24-20(17-6-7-19-18(14-17)21-15-27-19)22-9-11-23(12-10-22)28(25,26)13-8-16-4-2-1-3-5-16/h1-7,14-15H,8-13H2. The Morgan fingerprint density at radius 2 is 1.79 bits per heavy atom. The highest BCUT2D eigenvalue weighted by molar-refractivity contribution is 7.89. The van der Waals surface area contributed by atoms with Crippen LogP contribution in [0.1, 0.15) is 15.9 Å². The number of carbonyl (C=O) groups excluding carboxylic acids is 1. The van der Waals surface area contributed by atoms with Crippen molar-refractivity contribution in [2.24, 2.45) is 0 Å². The zero-order valence-corrected chi connectivity index (χ0v) is 16.1. The summed E-state index contributed by atoms with van der Waals surface area (Å²) in [5.74, 6) is -0.0421. The Balaban J connectivity index is 1.36. The molecule has 0 aliphatic carbocycles. The molecule has 4 rings (SSSR count). The molecule has 1 aliphatic heterocycles. The van der Waals surface area contributed by atoms with Gasteiger partial charge < -0.3 is 9.32 Å². The first-order chi connectivity index (χ1) is 13.5. The zero-order valence-electron chi connectivity index (χ0n) is 15.3. The zero-order chi connectivity index (χ0) is 19.6. The predicted molar refractivity (Wildman–Crippen MR) is 105 cm³/mol. The maximum atomic E-state index is 12.7. The summed E-state index contributed by atoms with van der Waals surface area (Å²) < 4.78 is 31.9. The van der Waals surface area contributed by atoms with E-state index in [0.29, 0.717) is 49.3 Å². The summed E-state index contributed by atoms with van der Waals surface area (Å²) >= 11 is 0. The van der Waals surface area contributed by atoms with Gasteiger partial charge >= 0.3 is 0 Å². The molecule has 1 fully saturated rings. The molecule has 1 saturated heterocycles. The summed E-state index contributed by atoms with van der Waals surface area (Å²) in [5.41, 5.74) is 2.80. The minimum absolute atomic E-state index is 0.0772. The van der Waals surface area contributed by atoms with Gasteiger partial charge in [-0.2, -0.15) is 4.31 Å². The van der Waals surface area contributed by atoms with E-state index >= 15 is 0 Å². The fourth-order valence-corrected chi connectivity index (χ4v) is 4.83. The van der Waals surface area contributed by atoms with E-state index in [2.05, 4.69) is 4.98 Å². The molecule has 1 amide bonds. The minimum atomic E-state index is -3.34. The van der Waals surface area contributed by atoms with E-state index in [1.165, 1.54) is 10.7 Å². The number of aryl methyl sites for hydroxylation is 1. The second kappa shape index (κ2) is 7.73. The number of hydrogen-bond acceptors (Lipinski definition) is 5. The lowest BCUT2D eigenvalue weighted by molar-refractivity contribution is 0.0698. The molecule has 1 aromatic heterocycles. The normalized spacial score (nSPS) is 15.8. The number of benzene rings is 2. The van der Waals surface area contributed by atoms with E-state index in [4.69, 9.17) is 4.42 Å². The molecular formula is C20H21N3O4S. The lowest BCUT2D eigenvalue weighted by atomic mass is 10.1. The van der Waals surface area contributed by atoms with Gasteiger partial charge in [0, 0.05) is 31.7 Å². The molecular weight excluding hydrogens is 378 g/mol. The molecule has 2 aromatic carbocycles. The maximum absolute atomic E-state index is 12.7. The van der Waals surface area contributed by atoms with Gasteiger partial charge in [0.05, 0.1) is 5.75 Å². The largest absolute Gasteiger partial charge is 0.443 e. The van der Waals surface area contributed by atoms with Crippen LogP contribution in [0.15, 0.2) is 59.3 Å². The Kier molecular flexibility index (Phi) is 5.15. The third kappa shape index (κ3) is 3.93. The van der Waals surface area contributed by atoms with E-state index in [-0.39, 0.29) is 11.7 Å². The molecule has 3 aromatic rings. The Labute approximate surface area is 163 Å². The molecule has 7 nitrogen and oxygen atoms in total. The monoisotopic (exact) mass is 399 g/mol. The van der Waals surface area contributed by atoms with Gasteiger partial charge in [-0.15, -0.1) is 0 Å². The van der Waals surface area contributed by atoms with E-state index < -0.39 is 10.0 Å². The van der Waals surface area contributed by atoms with Crippen LogP contribution in [0.4, 0.5) is 0 Å². The number of carbonyl (C=O) groups is 1. The Morgan fingerprint density at radius 3 is 2.54 bits per heavy atom. The first-order valence-corrected chi connectivity index (χ1v) is 10.8. The van der Waals surface area contributed by atoms with Crippen molar-refractivity contribution in [2.75, 3.05) is 31.9 Å². The van der Waals surface area contributed by atoms with Crippen LogP contribution < -0.4 is 0 Å². The van der Waals surface area contributed by atoms with Gasteiger partial charge in [0.1, 0.15) is 5.52 Å². The second-order valence-electron chi connectivity index (χ2n) is 6.78. The van der Waals surface area contributed by atoms with Gasteiger partial charge in [-0.05, 0) is 30.2 Å². The molecule has 0 atom stereocenters. The van der Waals surface area contributed by atoms with Gasteiger partial charge in [0.15, 0.2) is 12.0 Å². The number of amides is 1. The van der Waals surface area contributed by atoms with Crippen molar-refractivity contribution in [2.45, 2.75) is 6.42 Å². The number of sulfonamides is 1. The summed E-state index contributed by atoms with van der Waals surface area (Å²) in [6.07, 6.45) is 1.83. The summed E-state index contributed by atoms with van der Waals surface area (Å²) in [6, 6.07) is 14.7. The van der Waals surface area contributed by atoms with E-state index in [1.54, 1.807) is 23.1 Å². The van der Waals surface area contributed by atoms with Crippen LogP contribution in [0.25, 0.3) is 11.1 Å². The number of rotatable bonds is 5. The van der Waals surface area contributed by atoms with Crippen molar-refractivity contribution in [3.05, 3.63) is 66.1 Å². The van der Waals surface area contributed by atoms with E-state index in [1.807, 2.05) is 30.3 Å². The van der Waals surface area contributed by atoms with Crippen LogP contribution in [0.5, 0.6) is 0 Å². The van der Waals surface area contributed by atoms with Crippen LogP contribution in [0.3, 0.4) is 0 Å². The van der Waals surface area contributed by atoms with Crippen molar-refractivity contribution in [1.29, 1.82) is 0 Å². The van der Waals surface area contributed by atoms with Crippen LogP contribution in [-0.2, 0) is 16.4 Å². The molecule has 8 heteroatoms. The lowest BCUT2D eigenvalue weighted by Gasteiger charge is -2.34. The number of fused-ring (bicyclic) bond motifs is 1. The Hall–Kier alpha value is -2.71. The SMILES string of the molecule is O=C(c1ccc2ocnc2c1)N1CCN(S(=O)(=O)CCc2ccccc2)CC1. The van der Waals surface area contributed by atoms with Crippen LogP contribution in [0, 0.1) is 0 Å². The number of hydrogen-bond donors (Lipinski definition) is 0. The molecule has 2 heterocycles. The molecule has 146 valence electrons. The number of nitrogens with zero attached hydrogens (tertiary/aromatic N) is 3. The summed E-state index contributed by atoms with van der Waals surface area (Å²) in [6.45, 7) is 1.38. The molecule has 0 bridgehead atoms. The summed E-state index contributed by atoms with van der Waals surface area (Å²) in [7, 11) is -3.34. The van der Waals surface area contributed by atoms with Crippen LogP contribution in [-0.4, -0.2) is 60.4 Å². The second-order valence-corrected chi connectivity index (χ2v) is 8.87. The van der Waals surface area contributed by atoms with Gasteiger partial charge in [-0.3, -0.25) is 4.79 Å². The minimum Gasteiger partial charge on any atom is -0.443 e. The lowest BCUT2D eigenvalue weighted by Crippen LogP contribution is -2.51. The van der Waals surface area contributed by atoms with Crippen molar-refractivity contribution in [3.63, 3.8) is 0 Å². The Morgan fingerprint density at radius 1 is 1.04 bits per heavy atom. The molecule has 1 aliphatic rings. The number of piperazine rings is 1. The van der Waals surface area contributed by atoms with Crippen LogP contribution in [0.2, 0.25) is 0 Å². The van der Waals surface area contributed by atoms with Crippen LogP contribution >= 0.6 is 0 Å². The highest BCUT2D eigenvalue weighted by Gasteiger charge is 2.29. The maximum Gasteiger partial charge on any atom is 0.254 e.